The van der Waals surface area contributed by atoms with Crippen molar-refractivity contribution in [3.05, 3.63) is 66.4 Å². The second kappa shape index (κ2) is 4.94. The number of aromatic nitrogens is 2. The first-order chi connectivity index (χ1) is 11.2. The molecule has 4 nitrogen and oxygen atoms in total. The number of nitrogens with zero attached hydrogens (tertiary/aromatic N) is 2. The molecule has 2 aromatic heterocycles. The van der Waals surface area contributed by atoms with Crippen molar-refractivity contribution >= 4 is 32.7 Å². The van der Waals surface area contributed by atoms with E-state index in [4.69, 9.17) is 5.26 Å². The molecule has 0 saturated heterocycles. The fourth-order valence-electron chi connectivity index (χ4n) is 3.01. The van der Waals surface area contributed by atoms with E-state index in [0.29, 0.717) is 5.69 Å². The predicted octanol–water partition coefficient (Wildman–Crippen LogP) is 3.98. The molecule has 23 heavy (non-hydrogen) atoms. The average molecular weight is 299 g/mol. The highest BCUT2D eigenvalue weighted by Gasteiger charge is 2.20. The van der Waals surface area contributed by atoms with Crippen molar-refractivity contribution in [1.82, 2.24) is 9.97 Å². The van der Waals surface area contributed by atoms with Crippen LogP contribution in [-0.2, 0) is 0 Å². The van der Waals surface area contributed by atoms with E-state index >= 15 is 0 Å². The Bertz CT molecular complexity index is 1120. The minimum absolute atomic E-state index is 0.0766. The molecule has 2 heterocycles. The van der Waals surface area contributed by atoms with Crippen molar-refractivity contribution in [1.29, 1.82) is 5.26 Å². The molecule has 0 amide bonds. The van der Waals surface area contributed by atoms with Crippen molar-refractivity contribution < 1.29 is 5.11 Å². The molecule has 1 unspecified atom stereocenters. The van der Waals surface area contributed by atoms with Gasteiger partial charge in [-0.1, -0.05) is 43.0 Å². The predicted molar refractivity (Wildman–Crippen MR) is 90.8 cm³/mol. The summed E-state index contributed by atoms with van der Waals surface area (Å²) in [5, 5.41) is 22.6. The van der Waals surface area contributed by atoms with Crippen molar-refractivity contribution in [2.75, 3.05) is 0 Å². The van der Waals surface area contributed by atoms with Gasteiger partial charge >= 0.3 is 0 Å². The number of nitrogens with one attached hydrogen (secondary N) is 1. The van der Waals surface area contributed by atoms with Gasteiger partial charge in [-0.15, -0.1) is 0 Å². The normalized spacial score (nSPS) is 12.5. The lowest BCUT2D eigenvalue weighted by molar-refractivity contribution is 0.218. The smallest absolute Gasteiger partial charge is 0.132 e. The molecule has 0 fully saturated rings. The van der Waals surface area contributed by atoms with Gasteiger partial charge in [-0.25, -0.2) is 4.98 Å². The van der Waals surface area contributed by atoms with Crippen LogP contribution in [0, 0.1) is 11.3 Å². The van der Waals surface area contributed by atoms with Gasteiger partial charge in [0.25, 0.3) is 0 Å². The first kappa shape index (κ1) is 13.5. The number of para-hydroxylation sites is 2. The summed E-state index contributed by atoms with van der Waals surface area (Å²) in [6.07, 6.45) is -1.12. The third-order valence-corrected chi connectivity index (χ3v) is 4.11. The lowest BCUT2D eigenvalue weighted by Gasteiger charge is -2.11. The van der Waals surface area contributed by atoms with Gasteiger partial charge < -0.3 is 10.1 Å². The van der Waals surface area contributed by atoms with Gasteiger partial charge in [-0.05, 0) is 12.1 Å². The number of benzene rings is 2. The number of H-pyrrole nitrogens is 1. The molecule has 0 aliphatic heterocycles. The number of pyridine rings is 1. The number of hydrogen-bond acceptors (Lipinski definition) is 3. The molecule has 4 rings (SSSR count). The number of nitriles is 1. The highest BCUT2D eigenvalue weighted by molar-refractivity contribution is 6.19. The summed E-state index contributed by atoms with van der Waals surface area (Å²) in [4.78, 5) is 7.90. The first-order valence-corrected chi connectivity index (χ1v) is 7.26. The third-order valence-electron chi connectivity index (χ3n) is 4.11. The van der Waals surface area contributed by atoms with Crippen LogP contribution in [0.4, 0.5) is 0 Å². The van der Waals surface area contributed by atoms with Crippen LogP contribution in [0.3, 0.4) is 0 Å². The third kappa shape index (κ3) is 1.91. The SMILES string of the molecule is C=C(C#N)C(O)c1nc2ccccc2c2c1[nH]c1ccccc12. The summed E-state index contributed by atoms with van der Waals surface area (Å²) in [5.74, 6) is 0. The summed E-state index contributed by atoms with van der Waals surface area (Å²) in [5.41, 5.74) is 3.00. The van der Waals surface area contributed by atoms with Crippen molar-refractivity contribution in [3.63, 3.8) is 0 Å². The lowest BCUT2D eigenvalue weighted by Crippen LogP contribution is -2.03. The molecular weight excluding hydrogens is 286 g/mol. The summed E-state index contributed by atoms with van der Waals surface area (Å²) in [6, 6.07) is 17.7. The molecule has 2 aromatic carbocycles. The molecule has 1 atom stereocenters. The Labute approximate surface area is 132 Å². The van der Waals surface area contributed by atoms with E-state index in [1.54, 1.807) is 0 Å². The number of fused-ring (bicyclic) bond motifs is 5. The molecule has 0 bridgehead atoms. The minimum atomic E-state index is -1.12. The molecule has 4 aromatic rings. The van der Waals surface area contributed by atoms with Crippen LogP contribution < -0.4 is 0 Å². The zero-order valence-corrected chi connectivity index (χ0v) is 12.2. The van der Waals surface area contributed by atoms with E-state index in [1.807, 2.05) is 54.6 Å². The summed E-state index contributed by atoms with van der Waals surface area (Å²) >= 11 is 0. The number of rotatable bonds is 2. The van der Waals surface area contributed by atoms with Gasteiger partial charge in [0.2, 0.25) is 0 Å². The van der Waals surface area contributed by atoms with E-state index in [-0.39, 0.29) is 5.57 Å². The quantitative estimate of drug-likeness (QED) is 0.550. The maximum Gasteiger partial charge on any atom is 0.132 e. The monoisotopic (exact) mass is 299 g/mol. The van der Waals surface area contributed by atoms with Gasteiger partial charge in [0.05, 0.1) is 28.4 Å². The van der Waals surface area contributed by atoms with Crippen LogP contribution in [0.2, 0.25) is 0 Å². The lowest BCUT2D eigenvalue weighted by atomic mass is 10.0. The number of aromatic amines is 1. The molecule has 4 heteroatoms. The van der Waals surface area contributed by atoms with Crippen molar-refractivity contribution in [2.45, 2.75) is 6.10 Å². The zero-order chi connectivity index (χ0) is 16.0. The van der Waals surface area contributed by atoms with Crippen LogP contribution in [0.5, 0.6) is 0 Å². The zero-order valence-electron chi connectivity index (χ0n) is 12.2. The Kier molecular flexibility index (Phi) is 2.90. The van der Waals surface area contributed by atoms with Gasteiger partial charge in [0.1, 0.15) is 6.10 Å². The maximum atomic E-state index is 10.5. The van der Waals surface area contributed by atoms with E-state index < -0.39 is 6.10 Å². The van der Waals surface area contributed by atoms with Crippen LogP contribution in [-0.4, -0.2) is 15.1 Å². The Morgan fingerprint density at radius 2 is 1.83 bits per heavy atom. The number of aliphatic hydroxyl groups excluding tert-OH is 1. The van der Waals surface area contributed by atoms with Gasteiger partial charge in [-0.2, -0.15) is 5.26 Å². The molecule has 2 N–H and O–H groups in total. The fourth-order valence-corrected chi connectivity index (χ4v) is 3.01. The van der Waals surface area contributed by atoms with E-state index in [9.17, 15) is 5.11 Å². The van der Waals surface area contributed by atoms with Crippen molar-refractivity contribution in [3.8, 4) is 6.07 Å². The van der Waals surface area contributed by atoms with Gasteiger partial charge in [0, 0.05) is 21.7 Å². The molecular formula is C19H13N3O. The van der Waals surface area contributed by atoms with Gasteiger partial charge in [-0.3, -0.25) is 0 Å². The molecule has 0 spiro atoms. The molecule has 0 aliphatic rings. The highest BCUT2D eigenvalue weighted by atomic mass is 16.3. The van der Waals surface area contributed by atoms with Crippen molar-refractivity contribution in [2.24, 2.45) is 0 Å². The van der Waals surface area contributed by atoms with Crippen LogP contribution >= 0.6 is 0 Å². The summed E-state index contributed by atoms with van der Waals surface area (Å²) < 4.78 is 0. The van der Waals surface area contributed by atoms with Crippen LogP contribution in [0.15, 0.2) is 60.7 Å². The first-order valence-electron chi connectivity index (χ1n) is 7.26. The Balaban J connectivity index is 2.22. The molecule has 110 valence electrons. The van der Waals surface area contributed by atoms with Crippen LogP contribution in [0.1, 0.15) is 11.8 Å². The fraction of sp³-hybridized carbons (Fsp3) is 0.0526. The van der Waals surface area contributed by atoms with Gasteiger partial charge in [0.15, 0.2) is 0 Å². The number of aliphatic hydroxyl groups is 1. The summed E-state index contributed by atoms with van der Waals surface area (Å²) in [7, 11) is 0. The van der Waals surface area contributed by atoms with E-state index in [0.717, 1.165) is 32.7 Å². The largest absolute Gasteiger partial charge is 0.381 e. The van der Waals surface area contributed by atoms with E-state index in [2.05, 4.69) is 16.5 Å². The Morgan fingerprint density at radius 3 is 2.61 bits per heavy atom. The highest BCUT2D eigenvalue weighted by Crippen LogP contribution is 2.36. The Hall–Kier alpha value is -3.16. The Morgan fingerprint density at radius 1 is 1.13 bits per heavy atom. The van der Waals surface area contributed by atoms with Crippen LogP contribution in [0.25, 0.3) is 32.7 Å². The molecule has 0 radical (unpaired) electrons. The molecule has 0 saturated carbocycles. The average Bonchev–Trinajstić information content (AvgIpc) is 2.99. The second-order valence-corrected chi connectivity index (χ2v) is 5.47. The minimum Gasteiger partial charge on any atom is -0.381 e. The number of hydrogen-bond donors (Lipinski definition) is 2. The summed E-state index contributed by atoms with van der Waals surface area (Å²) in [6.45, 7) is 3.63. The van der Waals surface area contributed by atoms with E-state index in [1.165, 1.54) is 0 Å². The maximum absolute atomic E-state index is 10.5. The molecule has 0 aliphatic carbocycles. The standard InChI is InChI=1S/C19H13N3O/c1-11(10-20)19(23)18-17-16(12-6-2-4-8-14(12)21-17)13-7-3-5-9-15(13)22-18/h2-9,19,21,23H,1H2. The topological polar surface area (TPSA) is 72.7 Å². The second-order valence-electron chi connectivity index (χ2n) is 5.47.